The highest BCUT2D eigenvalue weighted by molar-refractivity contribution is 6.06. The van der Waals surface area contributed by atoms with Crippen LogP contribution in [0.4, 0.5) is 5.82 Å². The second-order valence-electron chi connectivity index (χ2n) is 10.4. The SMILES string of the molecule is Cc1ccc2c(n1)oc1ccc(C)c(C(C)(C)N3C=CN(c4c[n+](C(C)C)c(C)n4C)[C@H]3C)c12. The van der Waals surface area contributed by atoms with Gasteiger partial charge in [0.15, 0.2) is 6.20 Å². The van der Waals surface area contributed by atoms with Crippen molar-refractivity contribution in [3.63, 3.8) is 0 Å². The minimum Gasteiger partial charge on any atom is -0.438 e. The molecule has 6 nitrogen and oxygen atoms in total. The molecule has 1 aromatic carbocycles. The third kappa shape index (κ3) is 3.15. The first-order valence-electron chi connectivity index (χ1n) is 12.1. The summed E-state index contributed by atoms with van der Waals surface area (Å²) in [5.41, 5.74) is 4.84. The van der Waals surface area contributed by atoms with Crippen molar-refractivity contribution in [1.29, 1.82) is 0 Å². The summed E-state index contributed by atoms with van der Waals surface area (Å²) in [6.45, 7) is 17.7. The number of nitrogens with zero attached hydrogens (tertiary/aromatic N) is 5. The Hall–Kier alpha value is -3.28. The summed E-state index contributed by atoms with van der Waals surface area (Å²) in [7, 11) is 2.15. The lowest BCUT2D eigenvalue weighted by Gasteiger charge is -2.42. The molecule has 4 heterocycles. The van der Waals surface area contributed by atoms with Crippen molar-refractivity contribution in [3.05, 3.63) is 65.5 Å². The van der Waals surface area contributed by atoms with Gasteiger partial charge in [-0.3, -0.25) is 4.90 Å². The van der Waals surface area contributed by atoms with Gasteiger partial charge >= 0.3 is 0 Å². The number of fused-ring (bicyclic) bond motifs is 3. The number of aryl methyl sites for hydroxylation is 2. The summed E-state index contributed by atoms with van der Waals surface area (Å²) in [6, 6.07) is 8.88. The average Bonchev–Trinajstić information content (AvgIpc) is 3.41. The number of anilines is 1. The largest absolute Gasteiger partial charge is 0.438 e. The van der Waals surface area contributed by atoms with Crippen molar-refractivity contribution in [2.45, 2.75) is 73.1 Å². The quantitative estimate of drug-likeness (QED) is 0.352. The van der Waals surface area contributed by atoms with Gasteiger partial charge in [-0.15, -0.1) is 0 Å². The first kappa shape index (κ1) is 22.5. The molecule has 5 rings (SSSR count). The topological polar surface area (TPSA) is 41.3 Å². The molecule has 0 spiro atoms. The standard InChI is InChI=1S/C28H36N5O/c1-17(2)32-16-24(30(9)20(32)5)31-14-15-33(21(31)6)28(7,8)26-18(3)10-13-23-25(26)22-12-11-19(4)29-27(22)34-23/h10-17,21H,1-9H3/q+1/t21-/m1/s1. The van der Waals surface area contributed by atoms with E-state index in [1.165, 1.54) is 28.2 Å². The molecule has 0 aliphatic carbocycles. The van der Waals surface area contributed by atoms with Crippen molar-refractivity contribution in [1.82, 2.24) is 14.5 Å². The van der Waals surface area contributed by atoms with Crippen molar-refractivity contribution in [3.8, 4) is 0 Å². The van der Waals surface area contributed by atoms with E-state index in [0.29, 0.717) is 11.8 Å². The van der Waals surface area contributed by atoms with E-state index in [0.717, 1.165) is 16.7 Å². The van der Waals surface area contributed by atoms with Crippen LogP contribution in [0.1, 0.15) is 63.3 Å². The first-order valence-corrected chi connectivity index (χ1v) is 12.1. The number of furan rings is 1. The van der Waals surface area contributed by atoms with Gasteiger partial charge in [0, 0.05) is 35.8 Å². The molecule has 0 saturated heterocycles. The third-order valence-electron chi connectivity index (χ3n) is 7.58. The predicted octanol–water partition coefficient (Wildman–Crippen LogP) is 5.99. The van der Waals surface area contributed by atoms with Gasteiger partial charge in [0.1, 0.15) is 11.7 Å². The summed E-state index contributed by atoms with van der Waals surface area (Å²) in [6.07, 6.45) is 6.85. The molecule has 34 heavy (non-hydrogen) atoms. The second-order valence-corrected chi connectivity index (χ2v) is 10.4. The van der Waals surface area contributed by atoms with Crippen LogP contribution in [0.5, 0.6) is 0 Å². The fourth-order valence-electron chi connectivity index (χ4n) is 5.72. The van der Waals surface area contributed by atoms with E-state index in [-0.39, 0.29) is 11.7 Å². The van der Waals surface area contributed by atoms with E-state index >= 15 is 0 Å². The lowest BCUT2D eigenvalue weighted by Crippen LogP contribution is -2.47. The first-order chi connectivity index (χ1) is 16.0. The predicted molar refractivity (Wildman–Crippen MR) is 138 cm³/mol. The molecule has 0 amide bonds. The molecule has 0 bridgehead atoms. The van der Waals surface area contributed by atoms with Gasteiger partial charge in [0.2, 0.25) is 11.5 Å². The third-order valence-corrected chi connectivity index (χ3v) is 7.58. The van der Waals surface area contributed by atoms with Gasteiger partial charge in [-0.05, 0) is 77.8 Å². The summed E-state index contributed by atoms with van der Waals surface area (Å²) in [5, 5.41) is 2.25. The normalized spacial score (nSPS) is 16.7. The molecular formula is C28H36N5O+. The highest BCUT2D eigenvalue weighted by atomic mass is 16.3. The Labute approximate surface area is 202 Å². The minimum atomic E-state index is -0.274. The van der Waals surface area contributed by atoms with Crippen LogP contribution in [-0.2, 0) is 12.6 Å². The van der Waals surface area contributed by atoms with Gasteiger partial charge in [0.25, 0.3) is 5.82 Å². The van der Waals surface area contributed by atoms with Crippen molar-refractivity contribution >= 4 is 27.9 Å². The molecule has 1 aliphatic heterocycles. The van der Waals surface area contributed by atoms with Crippen LogP contribution in [0.25, 0.3) is 22.1 Å². The molecule has 0 radical (unpaired) electrons. The number of rotatable bonds is 4. The minimum absolute atomic E-state index is 0.150. The zero-order chi connectivity index (χ0) is 24.5. The highest BCUT2D eigenvalue weighted by Crippen LogP contribution is 2.43. The van der Waals surface area contributed by atoms with Crippen LogP contribution < -0.4 is 9.47 Å². The van der Waals surface area contributed by atoms with E-state index in [4.69, 9.17) is 4.42 Å². The fraction of sp³-hybridized carbons (Fsp3) is 0.429. The molecule has 1 aliphatic rings. The molecule has 0 N–H and O–H groups in total. The maximum atomic E-state index is 6.19. The lowest BCUT2D eigenvalue weighted by atomic mass is 9.85. The number of aromatic nitrogens is 3. The van der Waals surface area contributed by atoms with Crippen molar-refractivity contribution in [2.24, 2.45) is 7.05 Å². The Morgan fingerprint density at radius 2 is 1.79 bits per heavy atom. The van der Waals surface area contributed by atoms with Gasteiger partial charge in [-0.1, -0.05) is 6.07 Å². The maximum absolute atomic E-state index is 6.19. The highest BCUT2D eigenvalue weighted by Gasteiger charge is 2.40. The number of hydrogen-bond donors (Lipinski definition) is 0. The van der Waals surface area contributed by atoms with E-state index < -0.39 is 0 Å². The van der Waals surface area contributed by atoms with E-state index in [1.807, 2.05) is 6.92 Å². The molecule has 0 unspecified atom stereocenters. The van der Waals surface area contributed by atoms with Crippen molar-refractivity contribution in [2.75, 3.05) is 4.90 Å². The lowest BCUT2D eigenvalue weighted by molar-refractivity contribution is -0.721. The average molecular weight is 459 g/mol. The summed E-state index contributed by atoms with van der Waals surface area (Å²) < 4.78 is 10.8. The Kier molecular flexibility index (Phi) is 5.04. The van der Waals surface area contributed by atoms with E-state index in [9.17, 15) is 0 Å². The van der Waals surface area contributed by atoms with Gasteiger partial charge in [0.05, 0.1) is 18.6 Å². The second kappa shape index (κ2) is 7.62. The Balaban J connectivity index is 1.61. The van der Waals surface area contributed by atoms with Crippen LogP contribution in [0.15, 0.2) is 47.3 Å². The van der Waals surface area contributed by atoms with Gasteiger partial charge < -0.3 is 9.32 Å². The van der Waals surface area contributed by atoms with Crippen LogP contribution in [0.2, 0.25) is 0 Å². The van der Waals surface area contributed by atoms with Crippen molar-refractivity contribution < 1.29 is 8.98 Å². The fourth-order valence-corrected chi connectivity index (χ4v) is 5.72. The maximum Gasteiger partial charge on any atom is 0.254 e. The number of benzene rings is 1. The van der Waals surface area contributed by atoms with Crippen LogP contribution in [0.3, 0.4) is 0 Å². The number of imidazole rings is 1. The van der Waals surface area contributed by atoms with Crippen LogP contribution in [-0.4, -0.2) is 20.6 Å². The van der Waals surface area contributed by atoms with E-state index in [1.54, 1.807) is 0 Å². The molecule has 1 atom stereocenters. The molecule has 178 valence electrons. The van der Waals surface area contributed by atoms with E-state index in [2.05, 4.69) is 122 Å². The summed E-state index contributed by atoms with van der Waals surface area (Å²) in [5.74, 6) is 2.44. The molecule has 6 heteroatoms. The smallest absolute Gasteiger partial charge is 0.254 e. The Morgan fingerprint density at radius 1 is 1.06 bits per heavy atom. The summed E-state index contributed by atoms with van der Waals surface area (Å²) in [4.78, 5) is 9.47. The zero-order valence-corrected chi connectivity index (χ0v) is 21.8. The molecule has 4 aromatic rings. The van der Waals surface area contributed by atoms with Gasteiger partial charge in [-0.2, -0.15) is 0 Å². The van der Waals surface area contributed by atoms with Crippen LogP contribution >= 0.6 is 0 Å². The molecule has 3 aromatic heterocycles. The molecule has 0 saturated carbocycles. The number of hydrogen-bond acceptors (Lipinski definition) is 4. The number of pyridine rings is 1. The van der Waals surface area contributed by atoms with Gasteiger partial charge in [-0.25, -0.2) is 14.1 Å². The summed E-state index contributed by atoms with van der Waals surface area (Å²) >= 11 is 0. The van der Waals surface area contributed by atoms with Crippen LogP contribution in [0, 0.1) is 20.8 Å². The molecular weight excluding hydrogens is 422 g/mol. The zero-order valence-electron chi connectivity index (χ0n) is 21.8. The Morgan fingerprint density at radius 3 is 2.47 bits per heavy atom. The molecule has 0 fully saturated rings. The Bertz CT molecular complexity index is 1440. The monoisotopic (exact) mass is 458 g/mol.